The summed E-state index contributed by atoms with van der Waals surface area (Å²) in [5.74, 6) is 0.357. The SMILES string of the molecule is Cl.NCCOc1cccc(-n2ncc3c2COCC3NC(=O)c2ncn3c2CCCC3)c1Cl. The maximum absolute atomic E-state index is 13.0. The largest absolute Gasteiger partial charge is 0.491 e. The lowest BCUT2D eigenvalue weighted by atomic mass is 10.0. The van der Waals surface area contributed by atoms with E-state index in [1.54, 1.807) is 23.3 Å². The van der Waals surface area contributed by atoms with Crippen LogP contribution in [0, 0.1) is 0 Å². The van der Waals surface area contributed by atoms with Gasteiger partial charge in [-0.3, -0.25) is 4.79 Å². The predicted molar refractivity (Wildman–Crippen MR) is 125 cm³/mol. The van der Waals surface area contributed by atoms with Gasteiger partial charge in [-0.2, -0.15) is 5.10 Å². The molecule has 0 saturated carbocycles. The van der Waals surface area contributed by atoms with Gasteiger partial charge in [0.25, 0.3) is 5.91 Å². The highest BCUT2D eigenvalue weighted by molar-refractivity contribution is 6.33. The van der Waals surface area contributed by atoms with Crippen LogP contribution in [0.15, 0.2) is 30.7 Å². The summed E-state index contributed by atoms with van der Waals surface area (Å²) in [6, 6.07) is 5.19. The van der Waals surface area contributed by atoms with Crippen LogP contribution in [-0.4, -0.2) is 45.0 Å². The Kier molecular flexibility index (Phi) is 7.23. The lowest BCUT2D eigenvalue weighted by molar-refractivity contribution is 0.0684. The molecule has 0 saturated heterocycles. The number of nitrogens with two attached hydrogens (primary N) is 1. The lowest BCUT2D eigenvalue weighted by Crippen LogP contribution is -2.35. The van der Waals surface area contributed by atoms with Crippen molar-refractivity contribution in [3.63, 3.8) is 0 Å². The Labute approximate surface area is 202 Å². The molecule has 0 spiro atoms. The van der Waals surface area contributed by atoms with Crippen LogP contribution in [0.1, 0.15) is 46.3 Å². The van der Waals surface area contributed by atoms with Gasteiger partial charge in [-0.1, -0.05) is 17.7 Å². The molecule has 1 amide bonds. The predicted octanol–water partition coefficient (Wildman–Crippen LogP) is 2.82. The van der Waals surface area contributed by atoms with Crippen LogP contribution >= 0.6 is 24.0 Å². The van der Waals surface area contributed by atoms with Crippen molar-refractivity contribution in [2.45, 2.75) is 38.5 Å². The van der Waals surface area contributed by atoms with Gasteiger partial charge in [-0.25, -0.2) is 9.67 Å². The second-order valence-electron chi connectivity index (χ2n) is 7.92. The molecular weight excluding hydrogens is 467 g/mol. The number of hydrogen-bond donors (Lipinski definition) is 2. The molecule has 3 aromatic rings. The Morgan fingerprint density at radius 2 is 2.21 bits per heavy atom. The molecule has 11 heteroatoms. The highest BCUT2D eigenvalue weighted by Crippen LogP contribution is 2.34. The molecule has 176 valence electrons. The number of rotatable bonds is 6. The van der Waals surface area contributed by atoms with Gasteiger partial charge >= 0.3 is 0 Å². The van der Waals surface area contributed by atoms with Crippen molar-refractivity contribution in [3.05, 3.63) is 58.4 Å². The van der Waals surface area contributed by atoms with E-state index < -0.39 is 0 Å². The van der Waals surface area contributed by atoms with Crippen molar-refractivity contribution in [2.75, 3.05) is 19.8 Å². The number of aryl methyl sites for hydroxylation is 1. The molecule has 4 heterocycles. The minimum Gasteiger partial charge on any atom is -0.491 e. The van der Waals surface area contributed by atoms with Crippen LogP contribution in [0.4, 0.5) is 0 Å². The fraction of sp³-hybridized carbons (Fsp3) is 0.409. The average Bonchev–Trinajstić information content (AvgIpc) is 3.44. The molecule has 33 heavy (non-hydrogen) atoms. The molecule has 2 aliphatic rings. The third-order valence-corrected chi connectivity index (χ3v) is 6.26. The van der Waals surface area contributed by atoms with E-state index in [0.29, 0.717) is 48.5 Å². The molecule has 1 atom stereocenters. The number of carbonyl (C=O) groups excluding carboxylic acids is 1. The van der Waals surface area contributed by atoms with E-state index in [1.807, 2.05) is 12.1 Å². The zero-order chi connectivity index (χ0) is 22.1. The molecule has 2 aliphatic heterocycles. The molecule has 0 fully saturated rings. The molecule has 0 bridgehead atoms. The fourth-order valence-corrected chi connectivity index (χ4v) is 4.57. The van der Waals surface area contributed by atoms with Crippen LogP contribution in [-0.2, 0) is 24.3 Å². The first-order valence-corrected chi connectivity index (χ1v) is 11.2. The van der Waals surface area contributed by atoms with Gasteiger partial charge in [-0.15, -0.1) is 12.4 Å². The average molecular weight is 493 g/mol. The Bertz CT molecular complexity index is 1150. The molecule has 0 aliphatic carbocycles. The number of carbonyl (C=O) groups is 1. The summed E-state index contributed by atoms with van der Waals surface area (Å²) in [5.41, 5.74) is 9.46. The van der Waals surface area contributed by atoms with Crippen LogP contribution < -0.4 is 15.8 Å². The minimum absolute atomic E-state index is 0. The number of benzene rings is 1. The third kappa shape index (κ3) is 4.46. The minimum atomic E-state index is -0.323. The van der Waals surface area contributed by atoms with E-state index in [9.17, 15) is 4.79 Å². The normalized spacial score (nSPS) is 17.0. The van der Waals surface area contributed by atoms with Gasteiger partial charge in [0.1, 0.15) is 23.1 Å². The molecule has 5 rings (SSSR count). The highest BCUT2D eigenvalue weighted by atomic mass is 35.5. The number of fused-ring (bicyclic) bond motifs is 2. The first kappa shape index (κ1) is 23.6. The smallest absolute Gasteiger partial charge is 0.272 e. The molecule has 1 aromatic carbocycles. The maximum atomic E-state index is 13.0. The van der Waals surface area contributed by atoms with E-state index in [4.69, 9.17) is 26.8 Å². The van der Waals surface area contributed by atoms with Gasteiger partial charge in [0.05, 0.1) is 48.9 Å². The van der Waals surface area contributed by atoms with E-state index in [1.165, 1.54) is 0 Å². The Hall–Kier alpha value is -2.59. The zero-order valence-corrected chi connectivity index (χ0v) is 19.6. The van der Waals surface area contributed by atoms with Crippen LogP contribution in [0.2, 0.25) is 5.02 Å². The maximum Gasteiger partial charge on any atom is 0.272 e. The Balaban J connectivity index is 0.00000259. The van der Waals surface area contributed by atoms with Gasteiger partial charge in [0.15, 0.2) is 0 Å². The van der Waals surface area contributed by atoms with Gasteiger partial charge in [-0.05, 0) is 31.4 Å². The Morgan fingerprint density at radius 1 is 1.33 bits per heavy atom. The van der Waals surface area contributed by atoms with Crippen molar-refractivity contribution in [1.82, 2.24) is 24.6 Å². The summed E-state index contributed by atoms with van der Waals surface area (Å²) in [6.07, 6.45) is 6.57. The van der Waals surface area contributed by atoms with Crippen LogP contribution in [0.3, 0.4) is 0 Å². The summed E-state index contributed by atoms with van der Waals surface area (Å²) in [7, 11) is 0. The van der Waals surface area contributed by atoms with E-state index >= 15 is 0 Å². The quantitative estimate of drug-likeness (QED) is 0.547. The summed E-state index contributed by atoms with van der Waals surface area (Å²) in [5, 5.41) is 8.07. The topological polar surface area (TPSA) is 109 Å². The molecule has 3 N–H and O–H groups in total. The van der Waals surface area contributed by atoms with Crippen molar-refractivity contribution in [2.24, 2.45) is 5.73 Å². The van der Waals surface area contributed by atoms with E-state index in [2.05, 4.69) is 20.0 Å². The molecule has 9 nitrogen and oxygen atoms in total. The third-order valence-electron chi connectivity index (χ3n) is 5.88. The van der Waals surface area contributed by atoms with Crippen LogP contribution in [0.5, 0.6) is 5.75 Å². The fourth-order valence-electron chi connectivity index (χ4n) is 4.31. The van der Waals surface area contributed by atoms with E-state index in [-0.39, 0.29) is 24.4 Å². The summed E-state index contributed by atoms with van der Waals surface area (Å²) >= 11 is 6.59. The second-order valence-corrected chi connectivity index (χ2v) is 8.29. The molecular formula is C22H26Cl2N6O3. The first-order valence-electron chi connectivity index (χ1n) is 10.8. The number of amides is 1. The lowest BCUT2D eigenvalue weighted by Gasteiger charge is -2.25. The van der Waals surface area contributed by atoms with Crippen molar-refractivity contribution >= 4 is 29.9 Å². The standard InChI is InChI=1S/C22H25ClN6O3.ClH/c23-20-16(5-3-6-19(20)32-9-7-24)29-18-12-31-11-15(14(18)10-26-29)27-22(30)21-17-4-1-2-8-28(17)13-25-21;/h3,5-6,10,13,15H,1-2,4,7-9,11-12,24H2,(H,27,30);1H. The number of nitrogens with one attached hydrogen (secondary N) is 1. The van der Waals surface area contributed by atoms with Gasteiger partial charge < -0.3 is 25.1 Å². The van der Waals surface area contributed by atoms with Crippen molar-refractivity contribution < 1.29 is 14.3 Å². The number of nitrogens with zero attached hydrogens (tertiary/aromatic N) is 4. The van der Waals surface area contributed by atoms with Crippen molar-refractivity contribution in [1.29, 1.82) is 0 Å². The van der Waals surface area contributed by atoms with Gasteiger partial charge in [0, 0.05) is 18.7 Å². The highest BCUT2D eigenvalue weighted by Gasteiger charge is 2.29. The summed E-state index contributed by atoms with van der Waals surface area (Å²) in [4.78, 5) is 17.4. The molecule has 2 aromatic heterocycles. The number of hydrogen-bond acceptors (Lipinski definition) is 6. The van der Waals surface area contributed by atoms with Crippen LogP contribution in [0.25, 0.3) is 5.69 Å². The number of ether oxygens (including phenoxy) is 2. The first-order chi connectivity index (χ1) is 15.7. The summed E-state index contributed by atoms with van der Waals surface area (Å²) < 4.78 is 15.2. The summed E-state index contributed by atoms with van der Waals surface area (Å²) in [6.45, 7) is 2.41. The second kappa shape index (κ2) is 10.1. The number of aromatic nitrogens is 4. The molecule has 0 radical (unpaired) electrons. The Morgan fingerprint density at radius 3 is 3.06 bits per heavy atom. The zero-order valence-electron chi connectivity index (χ0n) is 18.0. The van der Waals surface area contributed by atoms with E-state index in [0.717, 1.165) is 42.8 Å². The number of halogens is 2. The number of imidazole rings is 1. The van der Waals surface area contributed by atoms with Gasteiger partial charge in [0.2, 0.25) is 0 Å². The molecule has 1 unspecified atom stereocenters. The monoisotopic (exact) mass is 492 g/mol. The van der Waals surface area contributed by atoms with Crippen molar-refractivity contribution in [3.8, 4) is 11.4 Å².